The summed E-state index contributed by atoms with van der Waals surface area (Å²) in [5.74, 6) is 1.01. The normalized spacial score (nSPS) is 22.9. The van der Waals surface area contributed by atoms with E-state index >= 15 is 0 Å². The van der Waals surface area contributed by atoms with Gasteiger partial charge in [-0.05, 0) is 22.3 Å². The van der Waals surface area contributed by atoms with Gasteiger partial charge in [0, 0.05) is 12.8 Å². The molecule has 9 heteroatoms. The number of carbonyl (C=O) groups is 4. The van der Waals surface area contributed by atoms with Crippen molar-refractivity contribution in [3.63, 3.8) is 0 Å². The molecule has 31 heavy (non-hydrogen) atoms. The molecule has 2 saturated heterocycles. The molecule has 2 unspecified atom stereocenters. The van der Waals surface area contributed by atoms with Gasteiger partial charge in [0.05, 0.1) is 36.8 Å². The maximum absolute atomic E-state index is 12.5. The molecule has 0 bridgehead atoms. The van der Waals surface area contributed by atoms with E-state index in [1.54, 1.807) is 0 Å². The molecule has 176 valence electrons. The Balaban J connectivity index is 1.70. The summed E-state index contributed by atoms with van der Waals surface area (Å²) >= 11 is 3.07. The highest BCUT2D eigenvalue weighted by atomic mass is 32.2. The van der Waals surface area contributed by atoms with E-state index < -0.39 is 0 Å². The van der Waals surface area contributed by atoms with E-state index in [9.17, 15) is 19.2 Å². The summed E-state index contributed by atoms with van der Waals surface area (Å²) in [6.07, 6.45) is 0.480. The number of hydrogen-bond acceptors (Lipinski definition) is 7. The van der Waals surface area contributed by atoms with Crippen molar-refractivity contribution in [1.82, 2.24) is 9.80 Å². The summed E-state index contributed by atoms with van der Waals surface area (Å²) in [6, 6.07) is 0. The van der Waals surface area contributed by atoms with Crippen LogP contribution in [0.25, 0.3) is 0 Å². The minimum absolute atomic E-state index is 0.0965. The van der Waals surface area contributed by atoms with Gasteiger partial charge in [0.2, 0.25) is 23.6 Å². The first-order valence-corrected chi connectivity index (χ1v) is 12.9. The minimum Gasteiger partial charge on any atom is -0.378 e. The summed E-state index contributed by atoms with van der Waals surface area (Å²) in [5.41, 5.74) is 0.193. The second-order valence-electron chi connectivity index (χ2n) is 10.5. The molecule has 0 aromatic carbocycles. The van der Waals surface area contributed by atoms with Crippen LogP contribution in [0.15, 0.2) is 0 Å². The fraction of sp³-hybridized carbons (Fsp3) is 0.818. The molecule has 2 aliphatic heterocycles. The zero-order valence-electron chi connectivity index (χ0n) is 19.6. The van der Waals surface area contributed by atoms with E-state index in [-0.39, 0.29) is 84.1 Å². The topological polar surface area (TPSA) is 84.0 Å². The van der Waals surface area contributed by atoms with Crippen molar-refractivity contribution in [2.24, 2.45) is 10.8 Å². The molecule has 0 radical (unpaired) electrons. The molecule has 0 aliphatic carbocycles. The molecule has 2 fully saturated rings. The molecule has 2 atom stereocenters. The monoisotopic (exact) mass is 472 g/mol. The first-order valence-electron chi connectivity index (χ1n) is 10.8. The molecular formula is C22H36N2O5S2. The van der Waals surface area contributed by atoms with E-state index in [4.69, 9.17) is 4.74 Å². The lowest BCUT2D eigenvalue weighted by Crippen LogP contribution is -2.36. The van der Waals surface area contributed by atoms with Crippen LogP contribution in [0.5, 0.6) is 0 Å². The summed E-state index contributed by atoms with van der Waals surface area (Å²) in [4.78, 5) is 51.9. The quantitative estimate of drug-likeness (QED) is 0.357. The van der Waals surface area contributed by atoms with E-state index in [0.717, 1.165) is 11.5 Å². The van der Waals surface area contributed by atoms with Crippen molar-refractivity contribution >= 4 is 47.2 Å². The van der Waals surface area contributed by atoms with Gasteiger partial charge in [-0.15, -0.1) is 23.5 Å². The molecular weight excluding hydrogens is 436 g/mol. The molecule has 2 rings (SSSR count). The fourth-order valence-electron chi connectivity index (χ4n) is 3.15. The Morgan fingerprint density at radius 2 is 1.10 bits per heavy atom. The molecule has 0 N–H and O–H groups in total. The number of rotatable bonds is 10. The lowest BCUT2D eigenvalue weighted by molar-refractivity contribution is -0.139. The third kappa shape index (κ3) is 8.09. The molecule has 0 saturated carbocycles. The van der Waals surface area contributed by atoms with Crippen molar-refractivity contribution in [1.29, 1.82) is 0 Å². The highest BCUT2D eigenvalue weighted by Crippen LogP contribution is 2.31. The lowest BCUT2D eigenvalue weighted by Gasteiger charge is -2.20. The van der Waals surface area contributed by atoms with Crippen molar-refractivity contribution in [2.75, 3.05) is 37.8 Å². The van der Waals surface area contributed by atoms with Crippen LogP contribution in [0.2, 0.25) is 0 Å². The Morgan fingerprint density at radius 3 is 1.42 bits per heavy atom. The Labute approximate surface area is 194 Å². The molecule has 0 aromatic heterocycles. The van der Waals surface area contributed by atoms with Crippen LogP contribution in [0.1, 0.15) is 54.4 Å². The number of likely N-dealkylation sites (tertiary alicyclic amines) is 2. The molecule has 2 heterocycles. The van der Waals surface area contributed by atoms with Crippen LogP contribution in [0, 0.1) is 10.8 Å². The van der Waals surface area contributed by atoms with Crippen molar-refractivity contribution < 1.29 is 23.9 Å². The van der Waals surface area contributed by atoms with E-state index in [0.29, 0.717) is 0 Å². The zero-order valence-corrected chi connectivity index (χ0v) is 21.2. The number of hydrogen-bond donors (Lipinski definition) is 0. The second kappa shape index (κ2) is 10.7. The average Bonchev–Trinajstić information content (AvgIpc) is 3.06. The van der Waals surface area contributed by atoms with Gasteiger partial charge in [-0.1, -0.05) is 41.5 Å². The maximum Gasteiger partial charge on any atom is 0.242 e. The highest BCUT2D eigenvalue weighted by Gasteiger charge is 2.40. The summed E-state index contributed by atoms with van der Waals surface area (Å²) in [7, 11) is 0. The van der Waals surface area contributed by atoms with Gasteiger partial charge in [0.1, 0.15) is 0 Å². The molecule has 4 amide bonds. The van der Waals surface area contributed by atoms with Crippen LogP contribution in [-0.4, -0.2) is 81.7 Å². The van der Waals surface area contributed by atoms with Crippen LogP contribution >= 0.6 is 23.5 Å². The van der Waals surface area contributed by atoms with Gasteiger partial charge < -0.3 is 4.74 Å². The molecule has 2 aliphatic rings. The second-order valence-corrected chi connectivity index (χ2v) is 12.9. The maximum atomic E-state index is 12.5. The van der Waals surface area contributed by atoms with Gasteiger partial charge >= 0.3 is 0 Å². The Kier molecular flexibility index (Phi) is 9.05. The molecule has 0 spiro atoms. The number of ether oxygens (including phenoxy) is 1. The predicted molar refractivity (Wildman–Crippen MR) is 125 cm³/mol. The smallest absolute Gasteiger partial charge is 0.242 e. The Bertz CT molecular complexity index is 641. The van der Waals surface area contributed by atoms with E-state index in [2.05, 4.69) is 41.5 Å². The number of imide groups is 2. The van der Waals surface area contributed by atoms with E-state index in [1.807, 2.05) is 0 Å². The van der Waals surface area contributed by atoms with Crippen LogP contribution in [-0.2, 0) is 23.9 Å². The zero-order chi connectivity index (χ0) is 23.4. The van der Waals surface area contributed by atoms with Gasteiger partial charge in [-0.25, -0.2) is 0 Å². The largest absolute Gasteiger partial charge is 0.378 e. The number of thioether (sulfide) groups is 2. The molecule has 0 aromatic rings. The first-order chi connectivity index (χ1) is 14.3. The summed E-state index contributed by atoms with van der Waals surface area (Å²) in [6.45, 7) is 13.4. The number of amides is 4. The van der Waals surface area contributed by atoms with E-state index in [1.165, 1.54) is 33.3 Å². The van der Waals surface area contributed by atoms with Crippen molar-refractivity contribution in [3.8, 4) is 0 Å². The predicted octanol–water partition coefficient (Wildman–Crippen LogP) is 2.82. The third-order valence-electron chi connectivity index (χ3n) is 4.76. The fourth-order valence-corrected chi connectivity index (χ4v) is 5.61. The van der Waals surface area contributed by atoms with Gasteiger partial charge in [-0.3, -0.25) is 29.0 Å². The van der Waals surface area contributed by atoms with Crippen LogP contribution < -0.4 is 0 Å². The van der Waals surface area contributed by atoms with Crippen molar-refractivity contribution in [3.05, 3.63) is 0 Å². The Hall–Kier alpha value is -1.06. The van der Waals surface area contributed by atoms with Crippen LogP contribution in [0.4, 0.5) is 0 Å². The lowest BCUT2D eigenvalue weighted by atomic mass is 10.0. The molecule has 7 nitrogen and oxygen atoms in total. The Morgan fingerprint density at radius 1 is 0.742 bits per heavy atom. The standard InChI is InChI=1S/C22H36N2O5S2/c1-21(2,3)13-30-15-11-17(25)23(19(15)27)7-9-29-10-8-24-18(26)12-16(20(24)28)31-14-22(4,5)6/h15-16H,7-14H2,1-6H3. The minimum atomic E-state index is -0.311. The highest BCUT2D eigenvalue weighted by molar-refractivity contribution is 8.00. The third-order valence-corrected chi connectivity index (χ3v) is 8.37. The summed E-state index contributed by atoms with van der Waals surface area (Å²) in [5, 5.41) is -0.622. The van der Waals surface area contributed by atoms with Gasteiger partial charge in [0.25, 0.3) is 0 Å². The average molecular weight is 473 g/mol. The number of carbonyl (C=O) groups excluding carboxylic acids is 4. The van der Waals surface area contributed by atoms with Crippen molar-refractivity contribution in [2.45, 2.75) is 64.9 Å². The van der Waals surface area contributed by atoms with Gasteiger partial charge in [-0.2, -0.15) is 0 Å². The SMILES string of the molecule is CC(C)(C)CSC1CC(=O)N(CCOCCN2C(=O)CC(SCC(C)(C)C)C2=O)C1=O. The number of nitrogens with zero attached hydrogens (tertiary/aromatic N) is 2. The summed E-state index contributed by atoms with van der Waals surface area (Å²) < 4.78 is 5.54. The first kappa shape index (κ1) is 26.2. The van der Waals surface area contributed by atoms with Gasteiger partial charge in [0.15, 0.2) is 0 Å². The van der Waals surface area contributed by atoms with Crippen LogP contribution in [0.3, 0.4) is 0 Å².